The first-order valence-corrected chi connectivity index (χ1v) is 3.61. The second-order valence-electron chi connectivity index (χ2n) is 1.75. The Balaban J connectivity index is 2.75. The highest BCUT2D eigenvalue weighted by atomic mass is 32.1. The summed E-state index contributed by atoms with van der Waals surface area (Å²) < 4.78 is 0. The highest BCUT2D eigenvalue weighted by Gasteiger charge is 2.13. The van der Waals surface area contributed by atoms with E-state index in [4.69, 9.17) is 24.4 Å². The first kappa shape index (κ1) is 6.83. The maximum Gasteiger partial charge on any atom is 0.107 e. The first-order valence-electron chi connectivity index (χ1n) is 2.79. The van der Waals surface area contributed by atoms with E-state index in [0.29, 0.717) is 0 Å². The van der Waals surface area contributed by atoms with Gasteiger partial charge in [0.2, 0.25) is 0 Å². The Bertz CT molecular complexity index is 165. The van der Waals surface area contributed by atoms with Gasteiger partial charge in [0.15, 0.2) is 0 Å². The molecule has 0 amide bonds. The highest BCUT2D eigenvalue weighted by molar-refractivity contribution is 7.82. The van der Waals surface area contributed by atoms with Gasteiger partial charge in [0.1, 0.15) is 9.98 Å². The van der Waals surface area contributed by atoms with Crippen LogP contribution >= 0.6 is 24.4 Å². The van der Waals surface area contributed by atoms with Crippen molar-refractivity contribution >= 4 is 34.4 Å². The lowest BCUT2D eigenvalue weighted by Gasteiger charge is -2.13. The summed E-state index contributed by atoms with van der Waals surface area (Å²) in [6.45, 7) is 2.91. The third-order valence-corrected chi connectivity index (χ3v) is 1.93. The molecular weight excluding hydrogens is 150 g/mol. The molecule has 1 nitrogen and oxygen atoms in total. The summed E-state index contributed by atoms with van der Waals surface area (Å²) in [4.78, 5) is 3.59. The molecule has 0 spiro atoms. The third kappa shape index (κ3) is 1.17. The fourth-order valence-electron chi connectivity index (χ4n) is 0.743. The van der Waals surface area contributed by atoms with Crippen LogP contribution in [0.25, 0.3) is 0 Å². The summed E-state index contributed by atoms with van der Waals surface area (Å²) in [7, 11) is 0. The lowest BCUT2D eigenvalue weighted by Crippen LogP contribution is -2.26. The number of thiocarbonyl (C=S) groups is 2. The summed E-state index contributed by atoms with van der Waals surface area (Å²) in [5, 5.41) is 0. The average Bonchev–Trinajstić information content (AvgIpc) is 2.12. The van der Waals surface area contributed by atoms with Crippen LogP contribution in [0.5, 0.6) is 0 Å². The third-order valence-electron chi connectivity index (χ3n) is 1.22. The van der Waals surface area contributed by atoms with Gasteiger partial charge in [-0.2, -0.15) is 0 Å². The molecule has 0 atom stereocenters. The van der Waals surface area contributed by atoms with Crippen molar-refractivity contribution in [2.45, 2.75) is 6.92 Å². The smallest absolute Gasteiger partial charge is 0.107 e. The van der Waals surface area contributed by atoms with Crippen LogP contribution in [0.2, 0.25) is 0 Å². The molecule has 0 saturated carbocycles. The van der Waals surface area contributed by atoms with Crippen LogP contribution in [-0.4, -0.2) is 21.4 Å². The largest absolute Gasteiger partial charge is 0.324 e. The van der Waals surface area contributed by atoms with Crippen LogP contribution in [0.3, 0.4) is 0 Å². The molecule has 0 unspecified atom stereocenters. The molecule has 0 N–H and O–H groups in total. The van der Waals surface area contributed by atoms with Crippen LogP contribution < -0.4 is 0 Å². The van der Waals surface area contributed by atoms with Crippen LogP contribution in [0, 0.1) is 0 Å². The van der Waals surface area contributed by atoms with Gasteiger partial charge < -0.3 is 4.90 Å². The Morgan fingerprint density at radius 3 is 2.00 bits per heavy atom. The molecular formula is C6H7NS2. The Morgan fingerprint density at radius 2 is 1.78 bits per heavy atom. The van der Waals surface area contributed by atoms with Crippen molar-refractivity contribution in [1.82, 2.24) is 4.90 Å². The van der Waals surface area contributed by atoms with E-state index in [1.54, 1.807) is 0 Å². The van der Waals surface area contributed by atoms with Crippen LogP contribution in [0.1, 0.15) is 6.92 Å². The van der Waals surface area contributed by atoms with Crippen LogP contribution in [0.4, 0.5) is 0 Å². The fourth-order valence-corrected chi connectivity index (χ4v) is 1.39. The number of hydrogen-bond donors (Lipinski definition) is 0. The topological polar surface area (TPSA) is 3.24 Å². The molecule has 0 aromatic rings. The predicted octanol–water partition coefficient (Wildman–Crippen LogP) is 1.53. The molecule has 0 saturated heterocycles. The minimum Gasteiger partial charge on any atom is -0.324 e. The summed E-state index contributed by atoms with van der Waals surface area (Å²) in [5.74, 6) is 0. The highest BCUT2D eigenvalue weighted by Crippen LogP contribution is 2.05. The molecule has 48 valence electrons. The number of likely N-dealkylation sites (N-methyl/N-ethyl adjacent to an activating group) is 1. The van der Waals surface area contributed by atoms with Crippen LogP contribution in [0.15, 0.2) is 12.2 Å². The number of hydrogen-bond acceptors (Lipinski definition) is 2. The molecule has 0 bridgehead atoms. The molecule has 0 radical (unpaired) electrons. The summed E-state index contributed by atoms with van der Waals surface area (Å²) in [6, 6.07) is 0. The molecule has 1 heterocycles. The second-order valence-corrected chi connectivity index (χ2v) is 2.59. The lowest BCUT2D eigenvalue weighted by atomic mass is 10.6. The zero-order valence-corrected chi connectivity index (χ0v) is 6.76. The summed E-state index contributed by atoms with van der Waals surface area (Å²) in [5.41, 5.74) is 0. The first-order chi connectivity index (χ1) is 4.25. The summed E-state index contributed by atoms with van der Waals surface area (Å²) >= 11 is 9.94. The van der Waals surface area contributed by atoms with Crippen molar-refractivity contribution in [3.05, 3.63) is 12.2 Å². The van der Waals surface area contributed by atoms with Gasteiger partial charge in [0.25, 0.3) is 0 Å². The van der Waals surface area contributed by atoms with Crippen molar-refractivity contribution in [1.29, 1.82) is 0 Å². The molecule has 1 rings (SSSR count). The SMILES string of the molecule is CCN1C(=S)C=CC1=S. The molecule has 0 aromatic carbocycles. The van der Waals surface area contributed by atoms with E-state index in [9.17, 15) is 0 Å². The normalized spacial score (nSPS) is 17.7. The lowest BCUT2D eigenvalue weighted by molar-refractivity contribution is 0.681. The zero-order chi connectivity index (χ0) is 6.85. The maximum atomic E-state index is 4.97. The number of rotatable bonds is 1. The second kappa shape index (κ2) is 2.54. The van der Waals surface area contributed by atoms with Gasteiger partial charge in [-0.15, -0.1) is 0 Å². The maximum absolute atomic E-state index is 4.97. The Kier molecular flexibility index (Phi) is 1.93. The van der Waals surface area contributed by atoms with E-state index in [2.05, 4.69) is 0 Å². The van der Waals surface area contributed by atoms with E-state index in [1.165, 1.54) is 0 Å². The van der Waals surface area contributed by atoms with Crippen molar-refractivity contribution < 1.29 is 0 Å². The van der Waals surface area contributed by atoms with Gasteiger partial charge in [-0.25, -0.2) is 0 Å². The molecule has 0 fully saturated rings. The monoisotopic (exact) mass is 157 g/mol. The molecule has 0 aromatic heterocycles. The van der Waals surface area contributed by atoms with Gasteiger partial charge in [-0.05, 0) is 19.1 Å². The Hall–Kier alpha value is -0.280. The molecule has 0 aliphatic carbocycles. The van der Waals surface area contributed by atoms with Crippen molar-refractivity contribution in [3.8, 4) is 0 Å². The van der Waals surface area contributed by atoms with Crippen molar-refractivity contribution in [2.75, 3.05) is 6.54 Å². The molecule has 1 aliphatic rings. The van der Waals surface area contributed by atoms with Gasteiger partial charge in [-0.1, -0.05) is 24.4 Å². The molecule has 1 aliphatic heterocycles. The van der Waals surface area contributed by atoms with E-state index in [0.717, 1.165) is 16.5 Å². The molecule has 9 heavy (non-hydrogen) atoms. The zero-order valence-electron chi connectivity index (χ0n) is 5.13. The van der Waals surface area contributed by atoms with E-state index in [1.807, 2.05) is 24.0 Å². The minimum absolute atomic E-state index is 0.836. The minimum atomic E-state index is 0.836. The van der Waals surface area contributed by atoms with Gasteiger partial charge in [0.05, 0.1) is 0 Å². The quantitative estimate of drug-likeness (QED) is 0.531. The predicted molar refractivity (Wildman–Crippen MR) is 46.7 cm³/mol. The summed E-state index contributed by atoms with van der Waals surface area (Å²) in [6.07, 6.45) is 3.72. The van der Waals surface area contributed by atoms with E-state index >= 15 is 0 Å². The van der Waals surface area contributed by atoms with Crippen molar-refractivity contribution in [3.63, 3.8) is 0 Å². The average molecular weight is 157 g/mol. The van der Waals surface area contributed by atoms with Crippen LogP contribution in [-0.2, 0) is 0 Å². The Morgan fingerprint density at radius 1 is 1.33 bits per heavy atom. The fraction of sp³-hybridized carbons (Fsp3) is 0.333. The van der Waals surface area contributed by atoms with E-state index in [-0.39, 0.29) is 0 Å². The van der Waals surface area contributed by atoms with E-state index < -0.39 is 0 Å². The Labute approximate surface area is 65.3 Å². The van der Waals surface area contributed by atoms with Gasteiger partial charge in [-0.3, -0.25) is 0 Å². The number of nitrogens with zero attached hydrogens (tertiary/aromatic N) is 1. The van der Waals surface area contributed by atoms with Gasteiger partial charge >= 0.3 is 0 Å². The molecule has 3 heteroatoms. The van der Waals surface area contributed by atoms with Crippen molar-refractivity contribution in [2.24, 2.45) is 0 Å². The standard InChI is InChI=1S/C6H7NS2/c1-2-7-5(8)3-4-6(7)9/h3-4H,2H2,1H3. The van der Waals surface area contributed by atoms with Gasteiger partial charge in [0, 0.05) is 6.54 Å².